The molecular weight excluding hydrogens is 306 g/mol. The van der Waals surface area contributed by atoms with Gasteiger partial charge < -0.3 is 15.2 Å². The normalized spacial score (nSPS) is 14.8. The molecule has 1 unspecified atom stereocenters. The van der Waals surface area contributed by atoms with Gasteiger partial charge >= 0.3 is 0 Å². The summed E-state index contributed by atoms with van der Waals surface area (Å²) in [6.07, 6.45) is 0. The molecular formula is C16H16ClNO2S. The molecule has 1 heterocycles. The van der Waals surface area contributed by atoms with E-state index in [0.717, 1.165) is 27.0 Å². The molecule has 0 saturated carbocycles. The summed E-state index contributed by atoms with van der Waals surface area (Å²) in [5.74, 6) is 1.59. The van der Waals surface area contributed by atoms with Crippen LogP contribution in [0, 0.1) is 0 Å². The molecule has 0 aromatic heterocycles. The van der Waals surface area contributed by atoms with E-state index in [9.17, 15) is 0 Å². The van der Waals surface area contributed by atoms with Crippen LogP contribution in [-0.2, 0) is 0 Å². The molecule has 2 aromatic rings. The number of fused-ring (bicyclic) bond motifs is 1. The molecule has 1 aliphatic rings. The molecule has 1 aliphatic heterocycles. The average Bonchev–Trinajstić information content (AvgIpc) is 2.53. The Morgan fingerprint density at radius 2 is 1.86 bits per heavy atom. The van der Waals surface area contributed by atoms with E-state index < -0.39 is 0 Å². The van der Waals surface area contributed by atoms with Gasteiger partial charge in [-0.2, -0.15) is 0 Å². The lowest BCUT2D eigenvalue weighted by molar-refractivity contribution is 0.171. The molecule has 5 heteroatoms. The third-order valence-electron chi connectivity index (χ3n) is 3.26. The Kier molecular flexibility index (Phi) is 4.58. The summed E-state index contributed by atoms with van der Waals surface area (Å²) in [6, 6.07) is 13.8. The highest BCUT2D eigenvalue weighted by Crippen LogP contribution is 2.41. The van der Waals surface area contributed by atoms with Crippen LogP contribution in [0.25, 0.3) is 0 Å². The van der Waals surface area contributed by atoms with E-state index in [1.807, 2.05) is 42.5 Å². The van der Waals surface area contributed by atoms with Gasteiger partial charge in [0.05, 0.1) is 0 Å². The minimum atomic E-state index is 0.112. The number of hydrogen-bond donors (Lipinski definition) is 1. The van der Waals surface area contributed by atoms with Gasteiger partial charge in [0, 0.05) is 21.7 Å². The highest BCUT2D eigenvalue weighted by Gasteiger charge is 2.17. The molecule has 3 nitrogen and oxygen atoms in total. The van der Waals surface area contributed by atoms with E-state index in [-0.39, 0.29) is 5.25 Å². The van der Waals surface area contributed by atoms with E-state index in [2.05, 4.69) is 0 Å². The maximum Gasteiger partial charge on any atom is 0.162 e. The Morgan fingerprint density at radius 1 is 1.10 bits per heavy atom. The number of thioether (sulfide) groups is 1. The van der Waals surface area contributed by atoms with E-state index in [1.54, 1.807) is 11.8 Å². The molecule has 0 spiro atoms. The first-order chi connectivity index (χ1) is 10.3. The van der Waals surface area contributed by atoms with Gasteiger partial charge in [0.1, 0.15) is 13.2 Å². The van der Waals surface area contributed by atoms with Crippen LogP contribution in [0.15, 0.2) is 47.4 Å². The van der Waals surface area contributed by atoms with E-state index in [0.29, 0.717) is 19.8 Å². The Labute approximate surface area is 133 Å². The highest BCUT2D eigenvalue weighted by molar-refractivity contribution is 7.99. The number of hydrogen-bond acceptors (Lipinski definition) is 4. The van der Waals surface area contributed by atoms with Gasteiger partial charge in [0.15, 0.2) is 11.5 Å². The van der Waals surface area contributed by atoms with Crippen LogP contribution in [0.2, 0.25) is 5.02 Å². The summed E-state index contributed by atoms with van der Waals surface area (Å²) in [4.78, 5) is 1.09. The minimum absolute atomic E-state index is 0.112. The number of halogens is 1. The number of rotatable bonds is 4. The predicted octanol–water partition coefficient (Wildman–Crippen LogP) is 3.90. The molecule has 2 aromatic carbocycles. The summed E-state index contributed by atoms with van der Waals surface area (Å²) in [5, 5.41) is 0.860. The van der Waals surface area contributed by atoms with Gasteiger partial charge in [0.2, 0.25) is 0 Å². The third kappa shape index (κ3) is 3.28. The standard InChI is InChI=1S/C16H16ClNO2S/c17-13-4-2-1-3-12(13)16(10-18)21-11-5-6-14-15(9-11)20-8-7-19-14/h1-6,9,16H,7-8,10,18H2. The van der Waals surface area contributed by atoms with Crippen molar-refractivity contribution in [3.8, 4) is 11.5 Å². The Hall–Kier alpha value is -1.36. The van der Waals surface area contributed by atoms with Crippen molar-refractivity contribution < 1.29 is 9.47 Å². The van der Waals surface area contributed by atoms with E-state index in [1.165, 1.54) is 0 Å². The highest BCUT2D eigenvalue weighted by atomic mass is 35.5. The first kappa shape index (κ1) is 14.6. The zero-order valence-corrected chi connectivity index (χ0v) is 13.0. The average molecular weight is 322 g/mol. The fourth-order valence-electron chi connectivity index (χ4n) is 2.24. The van der Waals surface area contributed by atoms with E-state index in [4.69, 9.17) is 26.8 Å². The van der Waals surface area contributed by atoms with Crippen molar-refractivity contribution in [1.29, 1.82) is 0 Å². The zero-order chi connectivity index (χ0) is 14.7. The lowest BCUT2D eigenvalue weighted by Gasteiger charge is -2.20. The molecule has 0 bridgehead atoms. The van der Waals surface area contributed by atoms with Crippen LogP contribution < -0.4 is 15.2 Å². The Balaban J connectivity index is 1.83. The largest absolute Gasteiger partial charge is 0.486 e. The zero-order valence-electron chi connectivity index (χ0n) is 11.4. The molecule has 110 valence electrons. The second-order valence-corrected chi connectivity index (χ2v) is 6.35. The van der Waals surface area contributed by atoms with E-state index >= 15 is 0 Å². The molecule has 0 fully saturated rings. The number of benzene rings is 2. The van der Waals surface area contributed by atoms with Gasteiger partial charge in [0.25, 0.3) is 0 Å². The van der Waals surface area contributed by atoms with Gasteiger partial charge in [-0.15, -0.1) is 11.8 Å². The van der Waals surface area contributed by atoms with Crippen molar-refractivity contribution in [1.82, 2.24) is 0 Å². The molecule has 0 amide bonds. The topological polar surface area (TPSA) is 44.5 Å². The smallest absolute Gasteiger partial charge is 0.162 e. The van der Waals surface area contributed by atoms with Crippen molar-refractivity contribution >= 4 is 23.4 Å². The van der Waals surface area contributed by atoms with Crippen LogP contribution in [0.3, 0.4) is 0 Å². The first-order valence-corrected chi connectivity index (χ1v) is 8.04. The predicted molar refractivity (Wildman–Crippen MR) is 86.5 cm³/mol. The summed E-state index contributed by atoms with van der Waals surface area (Å²) in [6.45, 7) is 1.71. The van der Waals surface area contributed by atoms with Gasteiger partial charge in [-0.05, 0) is 29.8 Å². The van der Waals surface area contributed by atoms with Crippen molar-refractivity contribution in [2.45, 2.75) is 10.1 Å². The van der Waals surface area contributed by atoms with Crippen LogP contribution in [0.4, 0.5) is 0 Å². The van der Waals surface area contributed by atoms with Crippen LogP contribution in [-0.4, -0.2) is 19.8 Å². The van der Waals surface area contributed by atoms with Gasteiger partial charge in [-0.3, -0.25) is 0 Å². The Morgan fingerprint density at radius 3 is 2.62 bits per heavy atom. The Bertz CT molecular complexity index is 635. The monoisotopic (exact) mass is 321 g/mol. The quantitative estimate of drug-likeness (QED) is 0.867. The first-order valence-electron chi connectivity index (χ1n) is 6.78. The molecule has 3 rings (SSSR count). The molecule has 0 aliphatic carbocycles. The minimum Gasteiger partial charge on any atom is -0.486 e. The van der Waals surface area contributed by atoms with Gasteiger partial charge in [-0.25, -0.2) is 0 Å². The maximum atomic E-state index is 6.27. The number of ether oxygens (including phenoxy) is 2. The number of nitrogens with two attached hydrogens (primary N) is 1. The third-order valence-corrected chi connectivity index (χ3v) is 4.86. The second-order valence-electron chi connectivity index (χ2n) is 4.67. The fraction of sp³-hybridized carbons (Fsp3) is 0.250. The van der Waals surface area contributed by atoms with Crippen molar-refractivity contribution in [2.75, 3.05) is 19.8 Å². The lowest BCUT2D eigenvalue weighted by atomic mass is 10.1. The van der Waals surface area contributed by atoms with Crippen molar-refractivity contribution in [3.05, 3.63) is 53.1 Å². The fourth-order valence-corrected chi connectivity index (χ4v) is 3.65. The van der Waals surface area contributed by atoms with Crippen molar-refractivity contribution in [2.24, 2.45) is 5.73 Å². The SMILES string of the molecule is NCC(Sc1ccc2c(c1)OCCO2)c1ccccc1Cl. The van der Waals surface area contributed by atoms with Crippen molar-refractivity contribution in [3.63, 3.8) is 0 Å². The molecule has 0 saturated heterocycles. The lowest BCUT2D eigenvalue weighted by Crippen LogP contribution is -2.15. The second kappa shape index (κ2) is 6.60. The molecule has 1 atom stereocenters. The molecule has 21 heavy (non-hydrogen) atoms. The van der Waals surface area contributed by atoms with Crippen LogP contribution >= 0.6 is 23.4 Å². The van der Waals surface area contributed by atoms with Crippen LogP contribution in [0.1, 0.15) is 10.8 Å². The summed E-state index contributed by atoms with van der Waals surface area (Å²) >= 11 is 7.95. The molecule has 0 radical (unpaired) electrons. The maximum absolute atomic E-state index is 6.27. The summed E-state index contributed by atoms with van der Waals surface area (Å²) in [5.41, 5.74) is 6.98. The van der Waals surface area contributed by atoms with Gasteiger partial charge in [-0.1, -0.05) is 29.8 Å². The van der Waals surface area contributed by atoms with Crippen LogP contribution in [0.5, 0.6) is 11.5 Å². The molecule has 2 N–H and O–H groups in total. The summed E-state index contributed by atoms with van der Waals surface area (Å²) < 4.78 is 11.1. The summed E-state index contributed by atoms with van der Waals surface area (Å²) in [7, 11) is 0.